The van der Waals surface area contributed by atoms with Gasteiger partial charge in [0.15, 0.2) is 0 Å². The molecule has 0 saturated carbocycles. The number of nitrogens with zero attached hydrogens (tertiary/aromatic N) is 2. The number of methoxy groups -OCH3 is 1. The summed E-state index contributed by atoms with van der Waals surface area (Å²) in [5.41, 5.74) is 7.59. The van der Waals surface area contributed by atoms with Crippen LogP contribution >= 0.6 is 0 Å². The van der Waals surface area contributed by atoms with Crippen LogP contribution in [0.5, 0.6) is 0 Å². The molecule has 0 unspecified atom stereocenters. The van der Waals surface area contributed by atoms with Crippen LogP contribution in [0.2, 0.25) is 0 Å². The van der Waals surface area contributed by atoms with Crippen LogP contribution in [0.25, 0.3) is 5.69 Å². The van der Waals surface area contributed by atoms with Gasteiger partial charge >= 0.3 is 6.03 Å². The number of hydrogen-bond donors (Lipinski definition) is 2. The van der Waals surface area contributed by atoms with Gasteiger partial charge in [-0.15, -0.1) is 0 Å². The van der Waals surface area contributed by atoms with Gasteiger partial charge in [-0.3, -0.25) is 5.32 Å². The Morgan fingerprint density at radius 3 is 2.43 bits per heavy atom. The third kappa shape index (κ3) is 4.45. The first-order valence-electron chi connectivity index (χ1n) is 11.9. The Labute approximate surface area is 205 Å². The lowest BCUT2D eigenvalue weighted by Gasteiger charge is -2.23. The minimum Gasteiger partial charge on any atom is -0.380 e. The maximum absolute atomic E-state index is 13.4. The first-order chi connectivity index (χ1) is 17.1. The van der Waals surface area contributed by atoms with E-state index in [0.29, 0.717) is 12.4 Å². The van der Waals surface area contributed by atoms with Gasteiger partial charge in [-0.1, -0.05) is 66.7 Å². The van der Waals surface area contributed by atoms with Gasteiger partial charge in [0.2, 0.25) is 0 Å². The lowest BCUT2D eigenvalue weighted by Crippen LogP contribution is -2.41. The summed E-state index contributed by atoms with van der Waals surface area (Å²) in [5, 5.41) is 11.0. The Balaban J connectivity index is 1.44. The molecule has 0 aliphatic heterocycles. The summed E-state index contributed by atoms with van der Waals surface area (Å²) < 4.78 is 7.24. The number of hydrogen-bond acceptors (Lipinski definition) is 3. The van der Waals surface area contributed by atoms with E-state index in [4.69, 9.17) is 4.74 Å². The number of para-hydroxylation sites is 1. The number of amides is 2. The van der Waals surface area contributed by atoms with Crippen LogP contribution in [0.4, 0.5) is 10.6 Å². The van der Waals surface area contributed by atoms with Gasteiger partial charge in [0.25, 0.3) is 0 Å². The van der Waals surface area contributed by atoms with Crippen molar-refractivity contribution in [3.05, 3.63) is 112 Å². The molecular weight excluding hydrogens is 436 g/mol. The summed E-state index contributed by atoms with van der Waals surface area (Å²) in [7, 11) is 1.71. The van der Waals surface area contributed by atoms with Gasteiger partial charge in [-0.2, -0.15) is 5.10 Å². The Kier molecular flexibility index (Phi) is 6.38. The Hall–Kier alpha value is -3.90. The maximum Gasteiger partial charge on any atom is 0.320 e. The first-order valence-corrected chi connectivity index (χ1v) is 11.9. The van der Waals surface area contributed by atoms with Crippen LogP contribution < -0.4 is 10.6 Å². The number of carbonyl (C=O) groups excluding carboxylic acids is 1. The summed E-state index contributed by atoms with van der Waals surface area (Å²) in [6, 6.07) is 26.3. The van der Waals surface area contributed by atoms with Crippen molar-refractivity contribution in [3.63, 3.8) is 0 Å². The molecule has 4 aromatic rings. The number of nitrogens with one attached hydrogen (secondary N) is 2. The molecule has 2 N–H and O–H groups in total. The molecule has 0 bridgehead atoms. The van der Waals surface area contributed by atoms with Gasteiger partial charge in [0.05, 0.1) is 18.0 Å². The average molecular weight is 467 g/mol. The standard InChI is InChI=1S/C29H30N4O2/c1-19-20(2)32-33(23-14-8-5-9-15-23)28(19)31-29(34)30-26-17-25-22(18-35-3)13-10-16-24(25)27(26)21-11-6-4-7-12-21/h4-16,26-27H,17-18H2,1-3H3,(H2,30,31,34)/t26-,27-/m1/s1. The Morgan fingerprint density at radius 1 is 1.00 bits per heavy atom. The summed E-state index contributed by atoms with van der Waals surface area (Å²) in [5.74, 6) is 0.744. The molecule has 35 heavy (non-hydrogen) atoms. The fourth-order valence-corrected chi connectivity index (χ4v) is 5.07. The third-order valence-corrected chi connectivity index (χ3v) is 6.84. The normalized spacial score (nSPS) is 16.7. The predicted octanol–water partition coefficient (Wildman–Crippen LogP) is 5.51. The lowest BCUT2D eigenvalue weighted by atomic mass is 9.90. The summed E-state index contributed by atoms with van der Waals surface area (Å²) >= 11 is 0. The molecule has 3 aromatic carbocycles. The molecule has 2 amide bonds. The van der Waals surface area contributed by atoms with E-state index in [9.17, 15) is 4.79 Å². The molecule has 0 spiro atoms. The van der Waals surface area contributed by atoms with E-state index < -0.39 is 0 Å². The van der Waals surface area contributed by atoms with Crippen molar-refractivity contribution in [2.45, 2.75) is 38.8 Å². The zero-order valence-corrected chi connectivity index (χ0v) is 20.3. The number of carbonyl (C=O) groups is 1. The first kappa shape index (κ1) is 22.9. The zero-order chi connectivity index (χ0) is 24.4. The van der Waals surface area contributed by atoms with Crippen molar-refractivity contribution in [2.75, 3.05) is 12.4 Å². The summed E-state index contributed by atoms with van der Waals surface area (Å²) in [6.45, 7) is 4.49. The van der Waals surface area contributed by atoms with Crippen molar-refractivity contribution < 1.29 is 9.53 Å². The van der Waals surface area contributed by atoms with E-state index in [0.717, 1.165) is 23.4 Å². The fourth-order valence-electron chi connectivity index (χ4n) is 5.07. The van der Waals surface area contributed by atoms with Crippen LogP contribution in [0.15, 0.2) is 78.9 Å². The van der Waals surface area contributed by atoms with Crippen LogP contribution in [0.1, 0.15) is 39.4 Å². The van der Waals surface area contributed by atoms with E-state index in [-0.39, 0.29) is 18.0 Å². The van der Waals surface area contributed by atoms with Crippen molar-refractivity contribution in [3.8, 4) is 5.69 Å². The third-order valence-electron chi connectivity index (χ3n) is 6.84. The monoisotopic (exact) mass is 466 g/mol. The number of benzene rings is 3. The van der Waals surface area contributed by atoms with Crippen LogP contribution in [0, 0.1) is 13.8 Å². The molecule has 1 aliphatic carbocycles. The second-order valence-electron chi connectivity index (χ2n) is 9.02. The molecule has 1 heterocycles. The lowest BCUT2D eigenvalue weighted by molar-refractivity contribution is 0.184. The molecule has 1 aromatic heterocycles. The van der Waals surface area contributed by atoms with E-state index in [1.807, 2.05) is 62.4 Å². The minimum atomic E-state index is -0.239. The SMILES string of the molecule is COCc1cccc2c1C[C@@H](NC(=O)Nc1c(C)c(C)nn1-c1ccccc1)[C@@H]2c1ccccc1. The van der Waals surface area contributed by atoms with Crippen molar-refractivity contribution in [2.24, 2.45) is 0 Å². The number of ether oxygens (including phenoxy) is 1. The predicted molar refractivity (Wildman–Crippen MR) is 138 cm³/mol. The molecule has 2 atom stereocenters. The summed E-state index contributed by atoms with van der Waals surface area (Å²) in [4.78, 5) is 13.4. The number of aryl methyl sites for hydroxylation is 1. The minimum absolute atomic E-state index is 0.0654. The van der Waals surface area contributed by atoms with Crippen molar-refractivity contribution in [1.29, 1.82) is 0 Å². The highest BCUT2D eigenvalue weighted by molar-refractivity contribution is 5.90. The molecule has 0 saturated heterocycles. The second-order valence-corrected chi connectivity index (χ2v) is 9.02. The van der Waals surface area contributed by atoms with Gasteiger partial charge in [0.1, 0.15) is 5.82 Å². The van der Waals surface area contributed by atoms with Crippen molar-refractivity contribution in [1.82, 2.24) is 15.1 Å². The van der Waals surface area contributed by atoms with E-state index in [1.54, 1.807) is 11.8 Å². The van der Waals surface area contributed by atoms with Gasteiger partial charge in [-0.05, 0) is 54.7 Å². The van der Waals surface area contributed by atoms with Crippen molar-refractivity contribution >= 4 is 11.8 Å². The van der Waals surface area contributed by atoms with Crippen LogP contribution in [0.3, 0.4) is 0 Å². The molecule has 6 nitrogen and oxygen atoms in total. The Bertz CT molecular complexity index is 1330. The largest absolute Gasteiger partial charge is 0.380 e. The highest BCUT2D eigenvalue weighted by atomic mass is 16.5. The van der Waals surface area contributed by atoms with Gasteiger partial charge in [0, 0.05) is 24.6 Å². The molecule has 0 radical (unpaired) electrons. The van der Waals surface area contributed by atoms with E-state index in [2.05, 4.69) is 46.1 Å². The van der Waals surface area contributed by atoms with Crippen LogP contribution in [-0.4, -0.2) is 29.0 Å². The van der Waals surface area contributed by atoms with Crippen LogP contribution in [-0.2, 0) is 17.8 Å². The second kappa shape index (κ2) is 9.76. The highest BCUT2D eigenvalue weighted by Gasteiger charge is 2.36. The molecule has 1 aliphatic rings. The van der Waals surface area contributed by atoms with E-state index >= 15 is 0 Å². The topological polar surface area (TPSA) is 68.2 Å². The quantitative estimate of drug-likeness (QED) is 0.394. The number of rotatable bonds is 6. The highest BCUT2D eigenvalue weighted by Crippen LogP contribution is 2.40. The zero-order valence-electron chi connectivity index (χ0n) is 20.3. The number of aromatic nitrogens is 2. The smallest absolute Gasteiger partial charge is 0.320 e. The molecule has 6 heteroatoms. The average Bonchev–Trinajstić information content (AvgIpc) is 3.38. The van der Waals surface area contributed by atoms with Gasteiger partial charge < -0.3 is 10.1 Å². The maximum atomic E-state index is 13.4. The summed E-state index contributed by atoms with van der Waals surface area (Å²) in [6.07, 6.45) is 0.748. The fraction of sp³-hybridized carbons (Fsp3) is 0.241. The molecule has 178 valence electrons. The Morgan fingerprint density at radius 2 is 1.71 bits per heavy atom. The molecule has 5 rings (SSSR count). The number of fused-ring (bicyclic) bond motifs is 1. The number of anilines is 1. The number of urea groups is 1. The van der Waals surface area contributed by atoms with E-state index in [1.165, 1.54) is 22.3 Å². The van der Waals surface area contributed by atoms with Gasteiger partial charge in [-0.25, -0.2) is 9.48 Å². The molecule has 0 fully saturated rings. The molecular formula is C29H30N4O2.